The molecule has 1 aliphatic carbocycles. The summed E-state index contributed by atoms with van der Waals surface area (Å²) < 4.78 is 5.27. The van der Waals surface area contributed by atoms with Crippen molar-refractivity contribution in [2.45, 2.75) is 45.6 Å². The van der Waals surface area contributed by atoms with E-state index in [4.69, 9.17) is 9.84 Å². The Morgan fingerprint density at radius 3 is 2.79 bits per heavy atom. The van der Waals surface area contributed by atoms with Gasteiger partial charge in [-0.1, -0.05) is 6.42 Å². The normalized spacial score (nSPS) is 22.5. The maximum absolute atomic E-state index is 9.12. The van der Waals surface area contributed by atoms with E-state index >= 15 is 0 Å². The predicted molar refractivity (Wildman–Crippen MR) is 74.5 cm³/mol. The van der Waals surface area contributed by atoms with Crippen LogP contribution in [0.2, 0.25) is 0 Å². The summed E-state index contributed by atoms with van der Waals surface area (Å²) in [4.78, 5) is 8.74. The van der Waals surface area contributed by atoms with Crippen LogP contribution >= 0.6 is 0 Å². The first-order valence-electron chi connectivity index (χ1n) is 6.92. The molecule has 0 saturated heterocycles. The first kappa shape index (κ1) is 14.1. The molecular weight excluding hydrogens is 242 g/mol. The molecule has 2 unspecified atom stereocenters. The van der Waals surface area contributed by atoms with Gasteiger partial charge in [0.2, 0.25) is 5.88 Å². The third-order valence-electron chi connectivity index (χ3n) is 3.89. The minimum atomic E-state index is 0.258. The lowest BCUT2D eigenvalue weighted by Crippen LogP contribution is -2.26. The number of hydrogen-bond donors (Lipinski definition) is 2. The van der Waals surface area contributed by atoms with E-state index < -0.39 is 0 Å². The van der Waals surface area contributed by atoms with Gasteiger partial charge in [0.25, 0.3) is 0 Å². The quantitative estimate of drug-likeness (QED) is 0.853. The van der Waals surface area contributed by atoms with Crippen molar-refractivity contribution in [1.29, 1.82) is 0 Å². The second-order valence-corrected chi connectivity index (χ2v) is 5.21. The van der Waals surface area contributed by atoms with E-state index in [1.165, 1.54) is 12.8 Å². The van der Waals surface area contributed by atoms with Crippen LogP contribution in [0, 0.1) is 19.8 Å². The van der Waals surface area contributed by atoms with Gasteiger partial charge in [-0.15, -0.1) is 0 Å². The molecular formula is C14H23N3O2. The first-order valence-corrected chi connectivity index (χ1v) is 6.92. The fourth-order valence-corrected chi connectivity index (χ4v) is 2.86. The highest BCUT2D eigenvalue weighted by atomic mass is 16.5. The predicted octanol–water partition coefficient (Wildman–Crippen LogP) is 2.07. The molecule has 2 atom stereocenters. The summed E-state index contributed by atoms with van der Waals surface area (Å²) in [5.74, 6) is 2.73. The summed E-state index contributed by atoms with van der Waals surface area (Å²) in [5.41, 5.74) is 0.947. The summed E-state index contributed by atoms with van der Waals surface area (Å²) in [6, 6.07) is 0.393. The monoisotopic (exact) mass is 265 g/mol. The fraction of sp³-hybridized carbons (Fsp3) is 0.714. The lowest BCUT2D eigenvalue weighted by Gasteiger charge is -2.22. The number of aliphatic hydroxyl groups is 1. The van der Waals surface area contributed by atoms with Gasteiger partial charge in [0.1, 0.15) is 11.6 Å². The van der Waals surface area contributed by atoms with Gasteiger partial charge < -0.3 is 15.2 Å². The summed E-state index contributed by atoms with van der Waals surface area (Å²) in [6.07, 6.45) is 4.38. The molecule has 0 bridgehead atoms. The Morgan fingerprint density at radius 1 is 1.32 bits per heavy atom. The molecule has 0 aromatic carbocycles. The molecule has 0 aliphatic heterocycles. The van der Waals surface area contributed by atoms with Gasteiger partial charge in [-0.2, -0.15) is 4.98 Å². The summed E-state index contributed by atoms with van der Waals surface area (Å²) in [6.45, 7) is 4.09. The number of anilines is 1. The molecule has 106 valence electrons. The molecule has 0 radical (unpaired) electrons. The van der Waals surface area contributed by atoms with Crippen LogP contribution < -0.4 is 10.1 Å². The Kier molecular flexibility index (Phi) is 4.58. The highest BCUT2D eigenvalue weighted by Gasteiger charge is 2.27. The number of methoxy groups -OCH3 is 1. The van der Waals surface area contributed by atoms with Gasteiger partial charge in [-0.25, -0.2) is 4.98 Å². The number of hydrogen-bond acceptors (Lipinski definition) is 5. The van der Waals surface area contributed by atoms with Gasteiger partial charge in [0.15, 0.2) is 0 Å². The van der Waals surface area contributed by atoms with Gasteiger partial charge in [-0.05, 0) is 39.0 Å². The van der Waals surface area contributed by atoms with Crippen LogP contribution in [0.15, 0.2) is 0 Å². The minimum absolute atomic E-state index is 0.258. The maximum Gasteiger partial charge on any atom is 0.221 e. The van der Waals surface area contributed by atoms with E-state index in [-0.39, 0.29) is 6.61 Å². The number of aliphatic hydroxyl groups excluding tert-OH is 1. The molecule has 0 amide bonds. The minimum Gasteiger partial charge on any atom is -0.481 e. The number of rotatable bonds is 5. The molecule has 1 heterocycles. The fourth-order valence-electron chi connectivity index (χ4n) is 2.86. The topological polar surface area (TPSA) is 67.3 Å². The second-order valence-electron chi connectivity index (χ2n) is 5.21. The van der Waals surface area contributed by atoms with Crippen LogP contribution in [0.5, 0.6) is 5.88 Å². The van der Waals surface area contributed by atoms with Gasteiger partial charge in [-0.3, -0.25) is 0 Å². The van der Waals surface area contributed by atoms with Crippen molar-refractivity contribution in [1.82, 2.24) is 9.97 Å². The van der Waals surface area contributed by atoms with Crippen molar-refractivity contribution in [3.8, 4) is 5.88 Å². The number of aryl methyl sites for hydroxylation is 1. The lowest BCUT2D eigenvalue weighted by molar-refractivity contribution is 0.254. The van der Waals surface area contributed by atoms with E-state index in [1.54, 1.807) is 7.11 Å². The summed E-state index contributed by atoms with van der Waals surface area (Å²) in [5, 5.41) is 12.6. The zero-order valence-corrected chi connectivity index (χ0v) is 11.9. The molecule has 1 fully saturated rings. The molecule has 2 rings (SSSR count). The molecule has 1 aliphatic rings. The van der Waals surface area contributed by atoms with Crippen molar-refractivity contribution in [2.24, 2.45) is 5.92 Å². The Hall–Kier alpha value is -1.36. The van der Waals surface area contributed by atoms with Crippen LogP contribution in [0.25, 0.3) is 0 Å². The van der Waals surface area contributed by atoms with Crippen molar-refractivity contribution < 1.29 is 9.84 Å². The second kappa shape index (κ2) is 6.19. The largest absolute Gasteiger partial charge is 0.481 e. The zero-order valence-electron chi connectivity index (χ0n) is 11.9. The van der Waals surface area contributed by atoms with Crippen LogP contribution in [-0.2, 0) is 0 Å². The van der Waals surface area contributed by atoms with Gasteiger partial charge >= 0.3 is 0 Å². The zero-order chi connectivity index (χ0) is 13.8. The molecule has 1 aromatic heterocycles. The van der Waals surface area contributed by atoms with Crippen LogP contribution in [0.4, 0.5) is 5.82 Å². The van der Waals surface area contributed by atoms with E-state index in [9.17, 15) is 0 Å². The third-order valence-corrected chi connectivity index (χ3v) is 3.89. The van der Waals surface area contributed by atoms with Crippen LogP contribution in [0.3, 0.4) is 0 Å². The van der Waals surface area contributed by atoms with Crippen LogP contribution in [0.1, 0.15) is 37.1 Å². The highest BCUT2D eigenvalue weighted by molar-refractivity contribution is 5.49. The maximum atomic E-state index is 9.12. The summed E-state index contributed by atoms with van der Waals surface area (Å²) in [7, 11) is 1.63. The molecule has 5 nitrogen and oxygen atoms in total. The van der Waals surface area contributed by atoms with Gasteiger partial charge in [0.05, 0.1) is 12.7 Å². The van der Waals surface area contributed by atoms with Gasteiger partial charge in [0, 0.05) is 12.6 Å². The molecule has 2 N–H and O–H groups in total. The molecule has 19 heavy (non-hydrogen) atoms. The Balaban J connectivity index is 2.16. The molecule has 5 heteroatoms. The number of nitrogens with one attached hydrogen (secondary N) is 1. The SMILES string of the molecule is COc1nc(C)nc(NC2CCCC2CCO)c1C. The van der Waals surface area contributed by atoms with E-state index in [1.807, 2.05) is 13.8 Å². The Morgan fingerprint density at radius 2 is 2.11 bits per heavy atom. The first-order chi connectivity index (χ1) is 9.15. The van der Waals surface area contributed by atoms with E-state index in [0.29, 0.717) is 23.7 Å². The molecule has 1 aromatic rings. The third kappa shape index (κ3) is 3.15. The van der Waals surface area contributed by atoms with E-state index in [0.717, 1.165) is 24.2 Å². The average Bonchev–Trinajstić information content (AvgIpc) is 2.81. The standard InChI is InChI=1S/C14H23N3O2/c1-9-13(15-10(2)16-14(9)19-3)17-12-6-4-5-11(12)7-8-18/h11-12,18H,4-8H2,1-3H3,(H,15,16,17). The Bertz CT molecular complexity index is 437. The molecule has 1 saturated carbocycles. The van der Waals surface area contributed by atoms with Crippen LogP contribution in [-0.4, -0.2) is 34.8 Å². The summed E-state index contributed by atoms with van der Waals surface area (Å²) >= 11 is 0. The van der Waals surface area contributed by atoms with Crippen molar-refractivity contribution >= 4 is 5.82 Å². The smallest absolute Gasteiger partial charge is 0.221 e. The lowest BCUT2D eigenvalue weighted by atomic mass is 10.00. The van der Waals surface area contributed by atoms with Crippen molar-refractivity contribution in [3.05, 3.63) is 11.4 Å². The number of ether oxygens (including phenoxy) is 1. The Labute approximate surface area is 114 Å². The van der Waals surface area contributed by atoms with Crippen molar-refractivity contribution in [3.63, 3.8) is 0 Å². The average molecular weight is 265 g/mol. The number of aromatic nitrogens is 2. The number of nitrogens with zero attached hydrogens (tertiary/aromatic N) is 2. The van der Waals surface area contributed by atoms with E-state index in [2.05, 4.69) is 15.3 Å². The van der Waals surface area contributed by atoms with Crippen molar-refractivity contribution in [2.75, 3.05) is 19.0 Å². The highest BCUT2D eigenvalue weighted by Crippen LogP contribution is 2.32. The molecule has 0 spiro atoms.